The normalized spacial score (nSPS) is 15.2. The van der Waals surface area contributed by atoms with Gasteiger partial charge < -0.3 is 10.3 Å². The van der Waals surface area contributed by atoms with Gasteiger partial charge in [-0.05, 0) is 98.5 Å². The number of nitrogens with zero attached hydrogens (tertiary/aromatic N) is 1. The molecule has 1 saturated heterocycles. The number of aryl methyl sites for hydroxylation is 1. The van der Waals surface area contributed by atoms with Gasteiger partial charge in [0.2, 0.25) is 0 Å². The topological polar surface area (TPSA) is 56.5 Å². The van der Waals surface area contributed by atoms with Crippen molar-refractivity contribution in [2.24, 2.45) is 5.92 Å². The number of nitrogens with one attached hydrogen (secondary N) is 3. The fourth-order valence-electron chi connectivity index (χ4n) is 5.37. The Bertz CT molecular complexity index is 1520. The summed E-state index contributed by atoms with van der Waals surface area (Å²) in [6.07, 6.45) is 14.0. The third-order valence-electron chi connectivity index (χ3n) is 7.42. The zero-order valence-electron chi connectivity index (χ0n) is 24.3. The van der Waals surface area contributed by atoms with E-state index in [1.807, 2.05) is 26.0 Å². The van der Waals surface area contributed by atoms with Crippen LogP contribution in [0.15, 0.2) is 90.9 Å². The van der Waals surface area contributed by atoms with Crippen LogP contribution in [-0.4, -0.2) is 28.3 Å². The first-order valence-corrected chi connectivity index (χ1v) is 15.2. The molecule has 5 heteroatoms. The summed E-state index contributed by atoms with van der Waals surface area (Å²) in [5.74, 6) is 0.723. The molecule has 208 valence electrons. The number of aromatic amines is 2. The summed E-state index contributed by atoms with van der Waals surface area (Å²) in [6.45, 7) is 18.5. The molecule has 1 aliphatic heterocycles. The minimum absolute atomic E-state index is 0.723. The molecule has 0 amide bonds. The summed E-state index contributed by atoms with van der Waals surface area (Å²) in [4.78, 5) is 4.81. The van der Waals surface area contributed by atoms with Crippen molar-refractivity contribution in [3.8, 4) is 11.4 Å². The van der Waals surface area contributed by atoms with E-state index in [9.17, 15) is 0 Å². The first-order chi connectivity index (χ1) is 19.6. The molecule has 1 aliphatic rings. The monoisotopic (exact) mass is 550 g/mol. The second-order valence-electron chi connectivity index (χ2n) is 9.91. The molecule has 0 unspecified atom stereocenters. The van der Waals surface area contributed by atoms with Crippen LogP contribution in [-0.2, 0) is 0 Å². The van der Waals surface area contributed by atoms with E-state index in [0.29, 0.717) is 0 Å². The number of piperidine rings is 1. The Labute approximate surface area is 243 Å². The lowest BCUT2D eigenvalue weighted by Crippen LogP contribution is -2.27. The number of allylic oxidation sites excluding steroid dienone is 7. The van der Waals surface area contributed by atoms with Gasteiger partial charge in [-0.1, -0.05) is 69.5 Å². The minimum Gasteiger partial charge on any atom is -0.357 e. The third-order valence-corrected chi connectivity index (χ3v) is 8.33. The second kappa shape index (κ2) is 14.1. The van der Waals surface area contributed by atoms with Gasteiger partial charge in [-0.15, -0.1) is 11.3 Å². The minimum atomic E-state index is 0.723. The molecule has 0 aliphatic carbocycles. The molecule has 40 heavy (non-hydrogen) atoms. The Morgan fingerprint density at radius 3 is 2.60 bits per heavy atom. The Morgan fingerprint density at radius 2 is 1.93 bits per heavy atom. The van der Waals surface area contributed by atoms with Crippen molar-refractivity contribution in [1.29, 1.82) is 0 Å². The molecule has 3 N–H and O–H groups in total. The fraction of sp³-hybridized carbons (Fsp3) is 0.286. The predicted molar refractivity (Wildman–Crippen MR) is 176 cm³/mol. The maximum atomic E-state index is 4.72. The number of rotatable bonds is 9. The first kappa shape index (κ1) is 29.3. The van der Waals surface area contributed by atoms with Gasteiger partial charge in [0.1, 0.15) is 5.69 Å². The largest absolute Gasteiger partial charge is 0.357 e. The van der Waals surface area contributed by atoms with Crippen LogP contribution in [0.1, 0.15) is 61.7 Å². The number of fused-ring (bicyclic) bond motifs is 1. The van der Waals surface area contributed by atoms with Gasteiger partial charge in [0.25, 0.3) is 0 Å². The number of benzene rings is 1. The first-order valence-electron chi connectivity index (χ1n) is 14.4. The summed E-state index contributed by atoms with van der Waals surface area (Å²) in [5.41, 5.74) is 10.1. The van der Waals surface area contributed by atoms with E-state index in [4.69, 9.17) is 5.10 Å². The van der Waals surface area contributed by atoms with Crippen LogP contribution in [0.2, 0.25) is 0 Å². The van der Waals surface area contributed by atoms with Crippen molar-refractivity contribution in [2.75, 3.05) is 13.1 Å². The molecule has 5 rings (SSSR count). The van der Waals surface area contributed by atoms with Crippen molar-refractivity contribution in [2.45, 2.75) is 47.0 Å². The predicted octanol–water partition coefficient (Wildman–Crippen LogP) is 9.48. The number of hydrogen-bond acceptors (Lipinski definition) is 3. The molecule has 0 spiro atoms. The van der Waals surface area contributed by atoms with Gasteiger partial charge in [-0.2, -0.15) is 5.10 Å². The molecule has 1 aromatic carbocycles. The van der Waals surface area contributed by atoms with Crippen LogP contribution in [0.3, 0.4) is 0 Å². The highest BCUT2D eigenvalue weighted by Crippen LogP contribution is 2.35. The average molecular weight is 551 g/mol. The van der Waals surface area contributed by atoms with E-state index in [2.05, 4.69) is 102 Å². The van der Waals surface area contributed by atoms with E-state index < -0.39 is 0 Å². The van der Waals surface area contributed by atoms with Crippen molar-refractivity contribution in [3.63, 3.8) is 0 Å². The Kier molecular flexibility index (Phi) is 10.3. The molecular weight excluding hydrogens is 508 g/mol. The molecule has 0 saturated carbocycles. The zero-order valence-corrected chi connectivity index (χ0v) is 25.1. The fourth-order valence-corrected chi connectivity index (χ4v) is 6.14. The van der Waals surface area contributed by atoms with Gasteiger partial charge in [-0.25, -0.2) is 0 Å². The molecule has 0 bridgehead atoms. The number of H-pyrrole nitrogens is 2. The van der Waals surface area contributed by atoms with E-state index in [0.717, 1.165) is 53.4 Å². The van der Waals surface area contributed by atoms with E-state index in [-0.39, 0.29) is 0 Å². The molecule has 0 radical (unpaired) electrons. The summed E-state index contributed by atoms with van der Waals surface area (Å²) in [7, 11) is 0. The van der Waals surface area contributed by atoms with Crippen LogP contribution < -0.4 is 5.32 Å². The molecule has 4 nitrogen and oxygen atoms in total. The lowest BCUT2D eigenvalue weighted by molar-refractivity contribution is 0.374. The SMILES string of the molecule is C=C/C=C(/c1cccs1)c1cc(-c2n[nH]c3ccc(C(/C=C(\C=C)CC4CCNCC4)=C/C)cc23)[nH]c1C.CC. The molecule has 4 heterocycles. The van der Waals surface area contributed by atoms with Gasteiger partial charge in [0, 0.05) is 27.1 Å². The zero-order chi connectivity index (χ0) is 28.5. The van der Waals surface area contributed by atoms with Gasteiger partial charge in [0.15, 0.2) is 0 Å². The highest BCUT2D eigenvalue weighted by atomic mass is 32.1. The van der Waals surface area contributed by atoms with Crippen LogP contribution in [0.25, 0.3) is 33.4 Å². The molecule has 1 fully saturated rings. The van der Waals surface area contributed by atoms with E-state index in [1.165, 1.54) is 45.6 Å². The maximum absolute atomic E-state index is 4.72. The average Bonchev–Trinajstić information content (AvgIpc) is 3.75. The Morgan fingerprint density at radius 1 is 1.12 bits per heavy atom. The third kappa shape index (κ3) is 6.55. The van der Waals surface area contributed by atoms with Crippen molar-refractivity contribution in [1.82, 2.24) is 20.5 Å². The van der Waals surface area contributed by atoms with E-state index >= 15 is 0 Å². The van der Waals surface area contributed by atoms with Crippen molar-refractivity contribution >= 4 is 33.4 Å². The summed E-state index contributed by atoms with van der Waals surface area (Å²) in [6, 6.07) is 13.0. The Hall–Kier alpha value is -3.67. The van der Waals surface area contributed by atoms with E-state index in [1.54, 1.807) is 11.3 Å². The number of thiophene rings is 1. The lowest BCUT2D eigenvalue weighted by atomic mass is 9.89. The maximum Gasteiger partial charge on any atom is 0.116 e. The number of hydrogen-bond donors (Lipinski definition) is 3. The molecule has 0 atom stereocenters. The van der Waals surface area contributed by atoms with Gasteiger partial charge in [-0.3, -0.25) is 5.10 Å². The van der Waals surface area contributed by atoms with Crippen LogP contribution in [0, 0.1) is 12.8 Å². The number of aromatic nitrogens is 3. The van der Waals surface area contributed by atoms with Crippen molar-refractivity contribution in [3.05, 3.63) is 113 Å². The highest BCUT2D eigenvalue weighted by Gasteiger charge is 2.17. The molecule has 3 aromatic heterocycles. The summed E-state index contributed by atoms with van der Waals surface area (Å²) < 4.78 is 0. The molecule has 4 aromatic rings. The Balaban J connectivity index is 0.00000181. The van der Waals surface area contributed by atoms with Crippen LogP contribution >= 0.6 is 11.3 Å². The quantitative estimate of drug-likeness (QED) is 0.182. The standard InChI is InChI=1S/C33H36N4S.C2H6/c1-5-9-27(32-10-8-17-38-32)28-21-31(35-22(28)4)33-29-20-26(11-12-30(29)36-37-33)25(7-3)19-23(6-2)18-24-13-15-34-16-14-24;1-2/h5-12,17,19-21,24,34-35H,1-2,13-16,18H2,3-4H3,(H,36,37);1-2H3/b23-19+,25-7+,27-9+;. The highest BCUT2D eigenvalue weighted by molar-refractivity contribution is 7.11. The lowest BCUT2D eigenvalue weighted by Gasteiger charge is -2.23. The molecular formula is C35H42N4S. The van der Waals surface area contributed by atoms with Crippen LogP contribution in [0.4, 0.5) is 0 Å². The second-order valence-corrected chi connectivity index (χ2v) is 10.9. The smallest absolute Gasteiger partial charge is 0.116 e. The van der Waals surface area contributed by atoms with Gasteiger partial charge >= 0.3 is 0 Å². The van der Waals surface area contributed by atoms with Crippen molar-refractivity contribution < 1.29 is 0 Å². The van der Waals surface area contributed by atoms with Gasteiger partial charge in [0.05, 0.1) is 11.2 Å². The summed E-state index contributed by atoms with van der Waals surface area (Å²) in [5, 5.41) is 14.6. The van der Waals surface area contributed by atoms with Crippen LogP contribution in [0.5, 0.6) is 0 Å². The summed E-state index contributed by atoms with van der Waals surface area (Å²) >= 11 is 1.74.